The molecule has 0 unspecified atom stereocenters. The topological polar surface area (TPSA) is 76.4 Å². The average molecular weight is 336 g/mol. The molecule has 0 spiro atoms. The molecule has 1 aromatic carbocycles. The van der Waals surface area contributed by atoms with Gasteiger partial charge in [-0.15, -0.1) is 10.2 Å². The fraction of sp³-hybridized carbons (Fsp3) is 0.333. The number of benzene rings is 1. The lowest BCUT2D eigenvalue weighted by atomic mass is 10.1. The van der Waals surface area contributed by atoms with Crippen LogP contribution in [0, 0.1) is 11.3 Å². The third-order valence-corrected chi connectivity index (χ3v) is 4.22. The number of piperazine rings is 1. The van der Waals surface area contributed by atoms with Crippen molar-refractivity contribution in [2.24, 2.45) is 0 Å². The van der Waals surface area contributed by atoms with Crippen LogP contribution in [0.5, 0.6) is 0 Å². The van der Waals surface area contributed by atoms with Gasteiger partial charge in [0.05, 0.1) is 11.6 Å². The molecule has 0 radical (unpaired) electrons. The van der Waals surface area contributed by atoms with Gasteiger partial charge in [-0.3, -0.25) is 4.79 Å². The number of amides is 1. The number of hydrogen-bond donors (Lipinski definition) is 0. The van der Waals surface area contributed by atoms with Crippen molar-refractivity contribution in [1.29, 1.82) is 5.26 Å². The second-order valence-electron chi connectivity index (χ2n) is 6.12. The molecule has 0 N–H and O–H groups in total. The molecule has 3 rings (SSSR count). The van der Waals surface area contributed by atoms with Gasteiger partial charge in [0.15, 0.2) is 11.6 Å². The van der Waals surface area contributed by atoms with Gasteiger partial charge in [0.1, 0.15) is 0 Å². The molecule has 0 aliphatic carbocycles. The second-order valence-corrected chi connectivity index (χ2v) is 6.12. The minimum atomic E-state index is -0.0363. The Morgan fingerprint density at radius 3 is 2.48 bits per heavy atom. The Morgan fingerprint density at radius 1 is 1.12 bits per heavy atom. The largest absolute Gasteiger partial charge is 0.361 e. The maximum absolute atomic E-state index is 12.6. The summed E-state index contributed by atoms with van der Waals surface area (Å²) in [7, 11) is 3.85. The van der Waals surface area contributed by atoms with E-state index in [9.17, 15) is 4.79 Å². The van der Waals surface area contributed by atoms with Crippen LogP contribution in [-0.4, -0.2) is 61.3 Å². The van der Waals surface area contributed by atoms with Crippen LogP contribution in [0.1, 0.15) is 15.9 Å². The van der Waals surface area contributed by atoms with Crippen molar-refractivity contribution in [3.05, 3.63) is 47.5 Å². The van der Waals surface area contributed by atoms with Gasteiger partial charge in [0, 0.05) is 45.8 Å². The monoisotopic (exact) mass is 336 g/mol. The van der Waals surface area contributed by atoms with E-state index in [0.29, 0.717) is 37.3 Å². The van der Waals surface area contributed by atoms with Crippen molar-refractivity contribution < 1.29 is 4.79 Å². The first-order valence-corrected chi connectivity index (χ1v) is 8.14. The molecule has 128 valence electrons. The van der Waals surface area contributed by atoms with Crippen LogP contribution in [-0.2, 0) is 0 Å². The Bertz CT molecular complexity index is 788. The highest BCUT2D eigenvalue weighted by Crippen LogP contribution is 2.17. The van der Waals surface area contributed by atoms with Crippen LogP contribution in [0.15, 0.2) is 36.4 Å². The van der Waals surface area contributed by atoms with E-state index in [1.54, 1.807) is 24.3 Å². The number of hydrogen-bond acceptors (Lipinski definition) is 6. The SMILES string of the molecule is CN(C)c1ccc(N2CCN(C(=O)c3cccc(C#N)c3)CC2)nn1. The van der Waals surface area contributed by atoms with E-state index in [1.807, 2.05) is 36.0 Å². The summed E-state index contributed by atoms with van der Waals surface area (Å²) in [6.07, 6.45) is 0. The molecule has 2 heterocycles. The molecule has 2 aromatic rings. The van der Waals surface area contributed by atoms with Gasteiger partial charge >= 0.3 is 0 Å². The predicted octanol–water partition coefficient (Wildman–Crippen LogP) is 1.38. The Labute approximate surface area is 147 Å². The lowest BCUT2D eigenvalue weighted by Crippen LogP contribution is -2.49. The lowest BCUT2D eigenvalue weighted by molar-refractivity contribution is 0.0746. The number of aromatic nitrogens is 2. The molecule has 1 aromatic heterocycles. The van der Waals surface area contributed by atoms with Crippen LogP contribution in [0.3, 0.4) is 0 Å². The van der Waals surface area contributed by atoms with Crippen LogP contribution in [0.2, 0.25) is 0 Å². The highest BCUT2D eigenvalue weighted by molar-refractivity contribution is 5.94. The number of nitriles is 1. The summed E-state index contributed by atoms with van der Waals surface area (Å²) in [6, 6.07) is 12.8. The minimum Gasteiger partial charge on any atom is -0.361 e. The van der Waals surface area contributed by atoms with Gasteiger partial charge in [-0.1, -0.05) is 6.07 Å². The normalized spacial score (nSPS) is 14.1. The molecule has 0 saturated carbocycles. The highest BCUT2D eigenvalue weighted by atomic mass is 16.2. The molecule has 0 atom stereocenters. The standard InChI is InChI=1S/C18H20N6O/c1-22(2)16-6-7-17(21-20-16)23-8-10-24(11-9-23)18(25)15-5-3-4-14(12-15)13-19/h3-7,12H,8-11H2,1-2H3. The van der Waals surface area contributed by atoms with Crippen molar-refractivity contribution >= 4 is 17.5 Å². The number of carbonyl (C=O) groups is 1. The van der Waals surface area contributed by atoms with Crippen molar-refractivity contribution in [3.8, 4) is 6.07 Å². The zero-order valence-corrected chi connectivity index (χ0v) is 14.4. The summed E-state index contributed by atoms with van der Waals surface area (Å²) in [5, 5.41) is 17.4. The minimum absolute atomic E-state index is 0.0363. The third-order valence-electron chi connectivity index (χ3n) is 4.22. The van der Waals surface area contributed by atoms with E-state index >= 15 is 0 Å². The predicted molar refractivity (Wildman–Crippen MR) is 95.6 cm³/mol. The number of anilines is 2. The van der Waals surface area contributed by atoms with E-state index in [1.165, 1.54) is 0 Å². The maximum atomic E-state index is 12.6. The van der Waals surface area contributed by atoms with Gasteiger partial charge in [-0.2, -0.15) is 5.26 Å². The molecular weight excluding hydrogens is 316 g/mol. The van der Waals surface area contributed by atoms with Gasteiger partial charge in [0.2, 0.25) is 0 Å². The van der Waals surface area contributed by atoms with Crippen molar-refractivity contribution in [1.82, 2.24) is 15.1 Å². The van der Waals surface area contributed by atoms with Crippen molar-refractivity contribution in [2.75, 3.05) is 50.1 Å². The molecule has 7 heteroatoms. The van der Waals surface area contributed by atoms with Crippen LogP contribution in [0.4, 0.5) is 11.6 Å². The average Bonchev–Trinajstić information content (AvgIpc) is 2.67. The lowest BCUT2D eigenvalue weighted by Gasteiger charge is -2.35. The zero-order valence-electron chi connectivity index (χ0n) is 14.4. The first-order valence-electron chi connectivity index (χ1n) is 8.14. The van der Waals surface area contributed by atoms with Gasteiger partial charge in [0.25, 0.3) is 5.91 Å². The fourth-order valence-corrected chi connectivity index (χ4v) is 2.77. The summed E-state index contributed by atoms with van der Waals surface area (Å²) in [4.78, 5) is 18.4. The maximum Gasteiger partial charge on any atom is 0.254 e. The van der Waals surface area contributed by atoms with Gasteiger partial charge < -0.3 is 14.7 Å². The van der Waals surface area contributed by atoms with E-state index in [-0.39, 0.29) is 5.91 Å². The van der Waals surface area contributed by atoms with E-state index in [2.05, 4.69) is 21.2 Å². The Kier molecular flexibility index (Phi) is 4.80. The fourth-order valence-electron chi connectivity index (χ4n) is 2.77. The molecule has 1 fully saturated rings. The molecule has 25 heavy (non-hydrogen) atoms. The van der Waals surface area contributed by atoms with E-state index in [0.717, 1.165) is 11.6 Å². The Balaban J connectivity index is 1.63. The molecule has 1 saturated heterocycles. The van der Waals surface area contributed by atoms with Crippen LogP contribution in [0.25, 0.3) is 0 Å². The zero-order chi connectivity index (χ0) is 17.8. The summed E-state index contributed by atoms with van der Waals surface area (Å²) >= 11 is 0. The summed E-state index contributed by atoms with van der Waals surface area (Å²) in [5.74, 6) is 1.60. The Morgan fingerprint density at radius 2 is 1.88 bits per heavy atom. The van der Waals surface area contributed by atoms with E-state index in [4.69, 9.17) is 5.26 Å². The summed E-state index contributed by atoms with van der Waals surface area (Å²) < 4.78 is 0. The van der Waals surface area contributed by atoms with Crippen LogP contribution >= 0.6 is 0 Å². The quantitative estimate of drug-likeness (QED) is 0.843. The number of carbonyl (C=O) groups excluding carboxylic acids is 1. The smallest absolute Gasteiger partial charge is 0.254 e. The third kappa shape index (κ3) is 3.69. The van der Waals surface area contributed by atoms with Gasteiger partial charge in [-0.25, -0.2) is 0 Å². The summed E-state index contributed by atoms with van der Waals surface area (Å²) in [6.45, 7) is 2.65. The Hall–Kier alpha value is -3.14. The molecule has 1 aliphatic rings. The molecule has 7 nitrogen and oxygen atoms in total. The van der Waals surface area contributed by atoms with Crippen LogP contribution < -0.4 is 9.80 Å². The molecule has 1 aliphatic heterocycles. The highest BCUT2D eigenvalue weighted by Gasteiger charge is 2.23. The second kappa shape index (κ2) is 7.18. The van der Waals surface area contributed by atoms with Gasteiger partial charge in [-0.05, 0) is 30.3 Å². The molecular formula is C18H20N6O. The first kappa shape index (κ1) is 16.7. The molecule has 1 amide bonds. The van der Waals surface area contributed by atoms with Crippen molar-refractivity contribution in [3.63, 3.8) is 0 Å². The molecule has 0 bridgehead atoms. The number of rotatable bonds is 3. The van der Waals surface area contributed by atoms with E-state index < -0.39 is 0 Å². The van der Waals surface area contributed by atoms with Crippen molar-refractivity contribution in [2.45, 2.75) is 0 Å². The number of nitrogens with zero attached hydrogens (tertiary/aromatic N) is 6. The summed E-state index contributed by atoms with van der Waals surface area (Å²) in [5.41, 5.74) is 1.06. The first-order chi connectivity index (χ1) is 12.1.